The second-order valence-corrected chi connectivity index (χ2v) is 5.62. The third-order valence-electron chi connectivity index (χ3n) is 2.68. The maximum atomic E-state index is 12.0. The summed E-state index contributed by atoms with van der Waals surface area (Å²) in [4.78, 5) is 20.3. The van der Waals surface area contributed by atoms with E-state index in [0.717, 1.165) is 10.7 Å². The summed E-state index contributed by atoms with van der Waals surface area (Å²) in [6, 6.07) is 1.68. The van der Waals surface area contributed by atoms with Gasteiger partial charge in [0.15, 0.2) is 0 Å². The Balaban J connectivity index is 1.98. The standard InChI is InChI=1S/C13H14ClN3OS/c1-8(13-15-3-4-19-13)6-17-12(18)10-7-16-9(2)5-11(10)14/h3-5,7-8H,6H2,1-2H3,(H,17,18). The fourth-order valence-electron chi connectivity index (χ4n) is 1.60. The molecule has 0 fully saturated rings. The number of hydrogen-bond donors (Lipinski definition) is 1. The van der Waals surface area contributed by atoms with Crippen LogP contribution in [0.2, 0.25) is 5.02 Å². The largest absolute Gasteiger partial charge is 0.351 e. The Morgan fingerprint density at radius 3 is 2.95 bits per heavy atom. The van der Waals surface area contributed by atoms with Gasteiger partial charge in [-0.3, -0.25) is 9.78 Å². The Kier molecular flexibility index (Phi) is 4.50. The second kappa shape index (κ2) is 6.12. The van der Waals surface area contributed by atoms with Crippen molar-refractivity contribution in [2.45, 2.75) is 19.8 Å². The predicted molar refractivity (Wildman–Crippen MR) is 76.8 cm³/mol. The number of aromatic nitrogens is 2. The molecule has 1 amide bonds. The summed E-state index contributed by atoms with van der Waals surface area (Å²) in [7, 11) is 0. The van der Waals surface area contributed by atoms with Crippen LogP contribution in [0.15, 0.2) is 23.8 Å². The van der Waals surface area contributed by atoms with E-state index < -0.39 is 0 Å². The van der Waals surface area contributed by atoms with Crippen molar-refractivity contribution in [1.82, 2.24) is 15.3 Å². The highest BCUT2D eigenvalue weighted by atomic mass is 35.5. The number of thiazole rings is 1. The fraction of sp³-hybridized carbons (Fsp3) is 0.308. The van der Waals surface area contributed by atoms with Gasteiger partial charge in [0.25, 0.3) is 5.91 Å². The van der Waals surface area contributed by atoms with E-state index >= 15 is 0 Å². The average molecular weight is 296 g/mol. The number of rotatable bonds is 4. The van der Waals surface area contributed by atoms with Crippen molar-refractivity contribution in [3.05, 3.63) is 45.1 Å². The first-order valence-electron chi connectivity index (χ1n) is 5.87. The predicted octanol–water partition coefficient (Wildman–Crippen LogP) is 3.03. The average Bonchev–Trinajstić information content (AvgIpc) is 2.89. The number of nitrogens with one attached hydrogen (secondary N) is 1. The molecule has 0 saturated carbocycles. The molecule has 0 aromatic carbocycles. The summed E-state index contributed by atoms with van der Waals surface area (Å²) < 4.78 is 0. The SMILES string of the molecule is Cc1cc(Cl)c(C(=O)NCC(C)c2nccs2)cn1. The first kappa shape index (κ1) is 14.0. The van der Waals surface area contributed by atoms with Crippen molar-refractivity contribution >= 4 is 28.8 Å². The topological polar surface area (TPSA) is 54.9 Å². The van der Waals surface area contributed by atoms with Crippen molar-refractivity contribution in [2.24, 2.45) is 0 Å². The van der Waals surface area contributed by atoms with Crippen LogP contribution in [0.4, 0.5) is 0 Å². The minimum atomic E-state index is -0.207. The van der Waals surface area contributed by atoms with Gasteiger partial charge < -0.3 is 5.32 Å². The molecule has 0 aliphatic carbocycles. The number of nitrogens with zero attached hydrogens (tertiary/aromatic N) is 2. The first-order valence-corrected chi connectivity index (χ1v) is 7.13. The molecule has 1 atom stereocenters. The zero-order valence-corrected chi connectivity index (χ0v) is 12.3. The minimum absolute atomic E-state index is 0.182. The number of amides is 1. The molecule has 1 N–H and O–H groups in total. The van der Waals surface area contributed by atoms with Crippen LogP contribution in [-0.4, -0.2) is 22.4 Å². The molecular formula is C13H14ClN3OS. The van der Waals surface area contributed by atoms with Crippen LogP contribution in [0.3, 0.4) is 0 Å². The zero-order chi connectivity index (χ0) is 13.8. The molecule has 0 aliphatic heterocycles. The minimum Gasteiger partial charge on any atom is -0.351 e. The molecule has 0 spiro atoms. The molecule has 1 unspecified atom stereocenters. The van der Waals surface area contributed by atoms with Gasteiger partial charge in [-0.1, -0.05) is 18.5 Å². The molecule has 2 rings (SSSR count). The quantitative estimate of drug-likeness (QED) is 0.943. The molecule has 4 nitrogen and oxygen atoms in total. The van der Waals surface area contributed by atoms with Crippen molar-refractivity contribution in [1.29, 1.82) is 0 Å². The number of halogens is 1. The summed E-state index contributed by atoms with van der Waals surface area (Å²) in [5.74, 6) is -0.0259. The number of carbonyl (C=O) groups excluding carboxylic acids is 1. The van der Waals surface area contributed by atoms with Gasteiger partial charge in [0, 0.05) is 35.9 Å². The molecule has 19 heavy (non-hydrogen) atoms. The van der Waals surface area contributed by atoms with E-state index in [-0.39, 0.29) is 11.8 Å². The molecule has 0 aliphatic rings. The van der Waals surface area contributed by atoms with Crippen LogP contribution in [0, 0.1) is 6.92 Å². The van der Waals surface area contributed by atoms with Gasteiger partial charge in [0.1, 0.15) is 0 Å². The molecule has 2 aromatic rings. The van der Waals surface area contributed by atoms with Crippen molar-refractivity contribution in [2.75, 3.05) is 6.54 Å². The number of pyridine rings is 1. The van der Waals surface area contributed by atoms with Gasteiger partial charge >= 0.3 is 0 Å². The molecule has 0 saturated heterocycles. The lowest BCUT2D eigenvalue weighted by molar-refractivity contribution is 0.0951. The summed E-state index contributed by atoms with van der Waals surface area (Å²) in [5, 5.41) is 6.21. The molecule has 0 radical (unpaired) electrons. The van der Waals surface area contributed by atoms with Gasteiger partial charge in [0.2, 0.25) is 0 Å². The monoisotopic (exact) mass is 295 g/mol. The van der Waals surface area contributed by atoms with E-state index in [0.29, 0.717) is 17.1 Å². The normalized spacial score (nSPS) is 12.2. The van der Waals surface area contributed by atoms with E-state index in [1.165, 1.54) is 6.20 Å². The second-order valence-electron chi connectivity index (χ2n) is 4.29. The molecule has 2 heterocycles. The lowest BCUT2D eigenvalue weighted by Gasteiger charge is -2.10. The first-order chi connectivity index (χ1) is 9.08. The smallest absolute Gasteiger partial charge is 0.254 e. The van der Waals surface area contributed by atoms with Gasteiger partial charge in [0.05, 0.1) is 15.6 Å². The highest BCUT2D eigenvalue weighted by Crippen LogP contribution is 2.18. The van der Waals surface area contributed by atoms with E-state index in [9.17, 15) is 4.79 Å². The third-order valence-corrected chi connectivity index (χ3v) is 4.00. The molecule has 6 heteroatoms. The maximum absolute atomic E-state index is 12.0. The molecular weight excluding hydrogens is 282 g/mol. The Bertz CT molecular complexity index is 571. The number of aryl methyl sites for hydroxylation is 1. The summed E-state index contributed by atoms with van der Waals surface area (Å²) >= 11 is 7.61. The maximum Gasteiger partial charge on any atom is 0.254 e. The Morgan fingerprint density at radius 2 is 2.32 bits per heavy atom. The zero-order valence-electron chi connectivity index (χ0n) is 10.7. The molecule has 0 bridgehead atoms. The van der Waals surface area contributed by atoms with Crippen LogP contribution in [-0.2, 0) is 0 Å². The van der Waals surface area contributed by atoms with Crippen LogP contribution in [0.1, 0.15) is 33.9 Å². The highest BCUT2D eigenvalue weighted by Gasteiger charge is 2.14. The van der Waals surface area contributed by atoms with E-state index in [1.54, 1.807) is 23.6 Å². The Labute approximate surface area is 120 Å². The summed E-state index contributed by atoms with van der Waals surface area (Å²) in [6.45, 7) is 4.38. The number of hydrogen-bond acceptors (Lipinski definition) is 4. The van der Waals surface area contributed by atoms with Crippen LogP contribution in [0.5, 0.6) is 0 Å². The van der Waals surface area contributed by atoms with Gasteiger partial charge in [-0.05, 0) is 13.0 Å². The van der Waals surface area contributed by atoms with Crippen molar-refractivity contribution in [3.8, 4) is 0 Å². The van der Waals surface area contributed by atoms with Gasteiger partial charge in [-0.25, -0.2) is 4.98 Å². The summed E-state index contributed by atoms with van der Waals surface area (Å²) in [5.41, 5.74) is 1.19. The van der Waals surface area contributed by atoms with Gasteiger partial charge in [-0.15, -0.1) is 11.3 Å². The van der Waals surface area contributed by atoms with Crippen LogP contribution in [0.25, 0.3) is 0 Å². The van der Waals surface area contributed by atoms with Gasteiger partial charge in [-0.2, -0.15) is 0 Å². The van der Waals surface area contributed by atoms with Crippen LogP contribution < -0.4 is 5.32 Å². The number of carbonyl (C=O) groups is 1. The molecule has 2 aromatic heterocycles. The van der Waals surface area contributed by atoms with Crippen molar-refractivity contribution < 1.29 is 4.79 Å². The lowest BCUT2D eigenvalue weighted by Crippen LogP contribution is -2.27. The van der Waals surface area contributed by atoms with E-state index in [2.05, 4.69) is 15.3 Å². The van der Waals surface area contributed by atoms with E-state index in [4.69, 9.17) is 11.6 Å². The lowest BCUT2D eigenvalue weighted by atomic mass is 10.2. The molecule has 100 valence electrons. The third kappa shape index (κ3) is 3.52. The van der Waals surface area contributed by atoms with Crippen molar-refractivity contribution in [3.63, 3.8) is 0 Å². The highest BCUT2D eigenvalue weighted by molar-refractivity contribution is 7.09. The van der Waals surface area contributed by atoms with E-state index in [1.807, 2.05) is 19.2 Å². The Morgan fingerprint density at radius 1 is 1.53 bits per heavy atom. The fourth-order valence-corrected chi connectivity index (χ4v) is 2.59. The summed E-state index contributed by atoms with van der Waals surface area (Å²) in [6.07, 6.45) is 3.26. The Hall–Kier alpha value is -1.46. The van der Waals surface area contributed by atoms with Crippen LogP contribution >= 0.6 is 22.9 Å².